The van der Waals surface area contributed by atoms with Gasteiger partial charge in [-0.05, 0) is 18.8 Å². The molecule has 1 aliphatic heterocycles. The summed E-state index contributed by atoms with van der Waals surface area (Å²) < 4.78 is 2.08. The first-order valence-electron chi connectivity index (χ1n) is 5.76. The van der Waals surface area contributed by atoms with E-state index in [1.165, 1.54) is 25.7 Å². The Morgan fingerprint density at radius 3 is 3.13 bits per heavy atom. The highest BCUT2D eigenvalue weighted by Crippen LogP contribution is 2.38. The van der Waals surface area contributed by atoms with Gasteiger partial charge in [0.2, 0.25) is 11.9 Å². The second-order valence-electron chi connectivity index (χ2n) is 4.45. The van der Waals surface area contributed by atoms with Crippen LogP contribution in [0.25, 0.3) is 0 Å². The number of nitrogens with zero attached hydrogens (tertiary/aromatic N) is 3. The topological polar surface area (TPSA) is 54.8 Å². The van der Waals surface area contributed by atoms with Crippen LogP contribution in [-0.4, -0.2) is 28.4 Å². The van der Waals surface area contributed by atoms with Crippen molar-refractivity contribution >= 4 is 11.9 Å². The van der Waals surface area contributed by atoms with Crippen LogP contribution in [0.1, 0.15) is 31.7 Å². The average Bonchev–Trinajstić information content (AvgIpc) is 2.72. The van der Waals surface area contributed by atoms with Gasteiger partial charge in [0, 0.05) is 13.6 Å². The maximum Gasteiger partial charge on any atom is 0.243 e. The number of rotatable bonds is 1. The summed E-state index contributed by atoms with van der Waals surface area (Å²) in [6, 6.07) is 0.574. The Kier molecular flexibility index (Phi) is 2.04. The molecule has 0 saturated heterocycles. The SMILES string of the molecule is CNc1nc2n(n1)C1CCCCC1CN2. The highest BCUT2D eigenvalue weighted by Gasteiger charge is 2.33. The predicted molar refractivity (Wildman–Crippen MR) is 59.1 cm³/mol. The molecular formula is C10H17N5. The lowest BCUT2D eigenvalue weighted by Crippen LogP contribution is -2.35. The van der Waals surface area contributed by atoms with E-state index in [2.05, 4.69) is 25.4 Å². The first kappa shape index (κ1) is 9.00. The van der Waals surface area contributed by atoms with Gasteiger partial charge in [0.25, 0.3) is 0 Å². The van der Waals surface area contributed by atoms with E-state index in [-0.39, 0.29) is 0 Å². The van der Waals surface area contributed by atoms with E-state index >= 15 is 0 Å². The number of nitrogens with one attached hydrogen (secondary N) is 2. The molecule has 1 aromatic rings. The Morgan fingerprint density at radius 1 is 1.40 bits per heavy atom. The monoisotopic (exact) mass is 207 g/mol. The van der Waals surface area contributed by atoms with Crippen LogP contribution >= 0.6 is 0 Å². The number of hydrogen-bond acceptors (Lipinski definition) is 4. The Bertz CT molecular complexity index is 359. The molecule has 15 heavy (non-hydrogen) atoms. The molecule has 1 fully saturated rings. The van der Waals surface area contributed by atoms with Crippen LogP contribution in [0.4, 0.5) is 11.9 Å². The molecule has 0 radical (unpaired) electrons. The van der Waals surface area contributed by atoms with Crippen molar-refractivity contribution in [2.45, 2.75) is 31.7 Å². The largest absolute Gasteiger partial charge is 0.356 e. The summed E-state index contributed by atoms with van der Waals surface area (Å²) in [7, 11) is 1.86. The van der Waals surface area contributed by atoms with Crippen LogP contribution < -0.4 is 10.6 Å². The van der Waals surface area contributed by atoms with Gasteiger partial charge in [-0.2, -0.15) is 4.98 Å². The van der Waals surface area contributed by atoms with Gasteiger partial charge in [0.1, 0.15) is 0 Å². The molecule has 2 aliphatic rings. The molecule has 3 rings (SSSR count). The minimum Gasteiger partial charge on any atom is -0.356 e. The molecule has 2 atom stereocenters. The molecule has 1 aliphatic carbocycles. The normalized spacial score (nSPS) is 28.9. The highest BCUT2D eigenvalue weighted by molar-refractivity contribution is 5.37. The van der Waals surface area contributed by atoms with Crippen LogP contribution in [0.2, 0.25) is 0 Å². The minimum absolute atomic E-state index is 0.574. The number of anilines is 2. The molecule has 1 aromatic heterocycles. The van der Waals surface area contributed by atoms with Crippen molar-refractivity contribution in [1.82, 2.24) is 14.8 Å². The van der Waals surface area contributed by atoms with E-state index in [9.17, 15) is 0 Å². The van der Waals surface area contributed by atoms with Gasteiger partial charge < -0.3 is 10.6 Å². The first-order valence-corrected chi connectivity index (χ1v) is 5.76. The van der Waals surface area contributed by atoms with Gasteiger partial charge >= 0.3 is 0 Å². The van der Waals surface area contributed by atoms with Crippen molar-refractivity contribution in [2.75, 3.05) is 24.2 Å². The Hall–Kier alpha value is -1.26. The fourth-order valence-electron chi connectivity index (χ4n) is 2.75. The fraction of sp³-hybridized carbons (Fsp3) is 0.800. The third-order valence-electron chi connectivity index (χ3n) is 3.56. The maximum absolute atomic E-state index is 4.49. The van der Waals surface area contributed by atoms with Gasteiger partial charge in [0.05, 0.1) is 6.04 Å². The van der Waals surface area contributed by atoms with Crippen molar-refractivity contribution < 1.29 is 0 Å². The summed E-state index contributed by atoms with van der Waals surface area (Å²) in [5.41, 5.74) is 0. The number of fused-ring (bicyclic) bond motifs is 3. The molecule has 0 bridgehead atoms. The summed E-state index contributed by atoms with van der Waals surface area (Å²) in [4.78, 5) is 4.39. The molecule has 2 unspecified atom stereocenters. The predicted octanol–water partition coefficient (Wildman–Crippen LogP) is 1.48. The third kappa shape index (κ3) is 1.37. The van der Waals surface area contributed by atoms with E-state index in [1.54, 1.807) is 0 Å². The Morgan fingerprint density at radius 2 is 2.27 bits per heavy atom. The van der Waals surface area contributed by atoms with Gasteiger partial charge in [-0.3, -0.25) is 0 Å². The van der Waals surface area contributed by atoms with Crippen molar-refractivity contribution in [3.63, 3.8) is 0 Å². The quantitative estimate of drug-likeness (QED) is 0.732. The van der Waals surface area contributed by atoms with Gasteiger partial charge in [0.15, 0.2) is 0 Å². The summed E-state index contributed by atoms with van der Waals surface area (Å²) in [5.74, 6) is 2.41. The number of aromatic nitrogens is 3. The zero-order chi connectivity index (χ0) is 10.3. The van der Waals surface area contributed by atoms with Crippen LogP contribution in [0, 0.1) is 5.92 Å². The third-order valence-corrected chi connectivity index (χ3v) is 3.56. The zero-order valence-electron chi connectivity index (χ0n) is 9.03. The summed E-state index contributed by atoms with van der Waals surface area (Å²) in [6.45, 7) is 1.06. The van der Waals surface area contributed by atoms with Crippen LogP contribution in [0.15, 0.2) is 0 Å². The molecule has 0 spiro atoms. The minimum atomic E-state index is 0.574. The maximum atomic E-state index is 4.49. The second kappa shape index (κ2) is 3.40. The lowest BCUT2D eigenvalue weighted by molar-refractivity contribution is 0.222. The molecule has 1 saturated carbocycles. The molecule has 2 heterocycles. The molecule has 2 N–H and O–H groups in total. The Balaban J connectivity index is 1.95. The van der Waals surface area contributed by atoms with E-state index < -0.39 is 0 Å². The molecule has 0 aromatic carbocycles. The van der Waals surface area contributed by atoms with Crippen molar-refractivity contribution in [3.05, 3.63) is 0 Å². The van der Waals surface area contributed by atoms with Crippen LogP contribution in [0.3, 0.4) is 0 Å². The Labute approximate surface area is 89.3 Å². The van der Waals surface area contributed by atoms with E-state index in [4.69, 9.17) is 0 Å². The lowest BCUT2D eigenvalue weighted by atomic mass is 9.84. The molecule has 0 amide bonds. The van der Waals surface area contributed by atoms with Gasteiger partial charge in [-0.15, -0.1) is 5.10 Å². The van der Waals surface area contributed by atoms with Crippen molar-refractivity contribution in [2.24, 2.45) is 5.92 Å². The summed E-state index contributed by atoms with van der Waals surface area (Å²) >= 11 is 0. The zero-order valence-corrected chi connectivity index (χ0v) is 9.03. The fourth-order valence-corrected chi connectivity index (χ4v) is 2.75. The van der Waals surface area contributed by atoms with E-state index in [1.807, 2.05) is 7.05 Å². The first-order chi connectivity index (χ1) is 7.38. The van der Waals surface area contributed by atoms with E-state index in [0.717, 1.165) is 24.4 Å². The van der Waals surface area contributed by atoms with Gasteiger partial charge in [-0.25, -0.2) is 4.68 Å². The van der Waals surface area contributed by atoms with Crippen molar-refractivity contribution in [3.8, 4) is 0 Å². The van der Waals surface area contributed by atoms with E-state index in [0.29, 0.717) is 6.04 Å². The second-order valence-corrected chi connectivity index (χ2v) is 4.45. The molecule has 5 nitrogen and oxygen atoms in total. The molecular weight excluding hydrogens is 190 g/mol. The van der Waals surface area contributed by atoms with Crippen LogP contribution in [-0.2, 0) is 0 Å². The summed E-state index contributed by atoms with van der Waals surface area (Å²) in [5, 5.41) is 10.8. The van der Waals surface area contributed by atoms with Crippen LogP contribution in [0.5, 0.6) is 0 Å². The lowest BCUT2D eigenvalue weighted by Gasteiger charge is -2.35. The van der Waals surface area contributed by atoms with Crippen molar-refractivity contribution in [1.29, 1.82) is 0 Å². The average molecular weight is 207 g/mol. The standard InChI is InChI=1S/C10H17N5/c1-11-9-13-10-12-6-7-4-2-3-5-8(7)15(10)14-9/h7-8H,2-6H2,1H3,(H2,11,12,13,14). The smallest absolute Gasteiger partial charge is 0.243 e. The highest BCUT2D eigenvalue weighted by atomic mass is 15.5. The molecule has 82 valence electrons. The summed E-state index contributed by atoms with van der Waals surface area (Å²) in [6.07, 6.45) is 5.28. The molecule has 5 heteroatoms. The number of hydrogen-bond donors (Lipinski definition) is 2. The van der Waals surface area contributed by atoms with Gasteiger partial charge in [-0.1, -0.05) is 12.8 Å².